The molecule has 126 valence electrons. The van der Waals surface area contributed by atoms with Gasteiger partial charge in [-0.3, -0.25) is 9.69 Å². The van der Waals surface area contributed by atoms with Gasteiger partial charge in [-0.15, -0.1) is 0 Å². The molecule has 0 bridgehead atoms. The first-order chi connectivity index (χ1) is 11.3. The van der Waals surface area contributed by atoms with Crippen molar-refractivity contribution in [2.24, 2.45) is 0 Å². The molecule has 1 aliphatic heterocycles. The maximum absolute atomic E-state index is 12.4. The number of aliphatic carboxylic acids is 2. The summed E-state index contributed by atoms with van der Waals surface area (Å²) in [7, 11) is 1.53. The molecule has 0 unspecified atom stereocenters. The molecule has 1 aliphatic rings. The Hall–Kier alpha value is -2.39. The monoisotopic (exact) mass is 365 g/mol. The van der Waals surface area contributed by atoms with Gasteiger partial charge in [0.1, 0.15) is 10.1 Å². The normalized spacial score (nSPS) is 17.2. The van der Waals surface area contributed by atoms with Gasteiger partial charge < -0.3 is 24.5 Å². The zero-order valence-electron chi connectivity index (χ0n) is 12.4. The maximum Gasteiger partial charge on any atom is 0.266 e. The molecular weight excluding hydrogens is 354 g/mol. The van der Waals surface area contributed by atoms with Crippen LogP contribution in [0.3, 0.4) is 0 Å². The van der Waals surface area contributed by atoms with Gasteiger partial charge in [-0.05, 0) is 23.8 Å². The van der Waals surface area contributed by atoms with Gasteiger partial charge in [-0.1, -0.05) is 36.1 Å². The van der Waals surface area contributed by atoms with Crippen molar-refractivity contribution in [1.29, 1.82) is 0 Å². The van der Waals surface area contributed by atoms with Crippen LogP contribution >= 0.6 is 24.0 Å². The van der Waals surface area contributed by atoms with E-state index >= 15 is 0 Å². The number of thiocarbonyl (C=S) groups is 1. The summed E-state index contributed by atoms with van der Waals surface area (Å²) in [5.41, 5.74) is 0.682. The number of hydrogen-bond donors (Lipinski definition) is 0. The van der Waals surface area contributed by atoms with Crippen molar-refractivity contribution in [1.82, 2.24) is 4.90 Å². The molecule has 0 saturated carbocycles. The van der Waals surface area contributed by atoms with Gasteiger partial charge in [0.15, 0.2) is 0 Å². The van der Waals surface area contributed by atoms with Crippen molar-refractivity contribution in [2.75, 3.05) is 7.11 Å². The highest BCUT2D eigenvalue weighted by Gasteiger charge is 2.37. The van der Waals surface area contributed by atoms with E-state index in [9.17, 15) is 24.6 Å². The first-order valence-electron chi connectivity index (χ1n) is 6.65. The summed E-state index contributed by atoms with van der Waals surface area (Å²) in [6, 6.07) is 5.12. The van der Waals surface area contributed by atoms with Crippen LogP contribution in [-0.2, 0) is 14.4 Å². The zero-order valence-corrected chi connectivity index (χ0v) is 14.0. The molecule has 9 heteroatoms. The van der Waals surface area contributed by atoms with Crippen LogP contribution in [-0.4, -0.2) is 40.2 Å². The second kappa shape index (κ2) is 7.45. The summed E-state index contributed by atoms with van der Waals surface area (Å²) in [5, 5.41) is 21.9. The van der Waals surface area contributed by atoms with Gasteiger partial charge in [0.2, 0.25) is 0 Å². The number of ether oxygens (including phenoxy) is 1. The summed E-state index contributed by atoms with van der Waals surface area (Å²) >= 11 is 5.89. The van der Waals surface area contributed by atoms with Crippen molar-refractivity contribution in [3.63, 3.8) is 0 Å². The maximum atomic E-state index is 12.4. The van der Waals surface area contributed by atoms with Crippen LogP contribution < -0.4 is 14.9 Å². The molecule has 1 atom stereocenters. The van der Waals surface area contributed by atoms with Crippen LogP contribution in [0.1, 0.15) is 12.0 Å². The highest BCUT2D eigenvalue weighted by atomic mass is 32.2. The molecule has 1 saturated heterocycles. The highest BCUT2D eigenvalue weighted by molar-refractivity contribution is 8.26. The number of carbonyl (C=O) groups excluding carboxylic acids is 3. The Morgan fingerprint density at radius 2 is 1.96 bits per heavy atom. The third-order valence-corrected chi connectivity index (χ3v) is 4.51. The van der Waals surface area contributed by atoms with Gasteiger partial charge in [0.05, 0.1) is 24.0 Å². The number of carboxylic acid groups (broad SMARTS) is 2. The topological polar surface area (TPSA) is 110 Å². The minimum absolute atomic E-state index is 0.0461. The van der Waals surface area contributed by atoms with E-state index in [1.54, 1.807) is 24.3 Å². The van der Waals surface area contributed by atoms with Crippen LogP contribution in [0.25, 0.3) is 6.08 Å². The summed E-state index contributed by atoms with van der Waals surface area (Å²) in [4.78, 5) is 35.2. The molecule has 1 aromatic carbocycles. The predicted molar refractivity (Wildman–Crippen MR) is 86.4 cm³/mol. The largest absolute Gasteiger partial charge is 0.550 e. The zero-order chi connectivity index (χ0) is 17.9. The summed E-state index contributed by atoms with van der Waals surface area (Å²) in [6.45, 7) is 0. The summed E-state index contributed by atoms with van der Waals surface area (Å²) in [6.07, 6.45) is 0.634. The number of carboxylic acids is 2. The predicted octanol–water partition coefficient (Wildman–Crippen LogP) is -0.845. The summed E-state index contributed by atoms with van der Waals surface area (Å²) in [5.74, 6) is -3.36. The molecule has 0 N–H and O–H groups in total. The lowest BCUT2D eigenvalue weighted by atomic mass is 10.1. The molecular formula is C15H11NO6S2-2. The average molecular weight is 365 g/mol. The molecule has 0 aliphatic carbocycles. The number of hydrogen-bond acceptors (Lipinski definition) is 8. The van der Waals surface area contributed by atoms with Crippen LogP contribution in [0.15, 0.2) is 29.2 Å². The molecule has 24 heavy (non-hydrogen) atoms. The molecule has 0 radical (unpaired) electrons. The Morgan fingerprint density at radius 1 is 1.33 bits per heavy atom. The third kappa shape index (κ3) is 3.92. The number of carbonyl (C=O) groups is 3. The van der Waals surface area contributed by atoms with Crippen molar-refractivity contribution in [3.8, 4) is 5.75 Å². The molecule has 1 amide bonds. The van der Waals surface area contributed by atoms with Gasteiger partial charge in [-0.25, -0.2) is 0 Å². The second-order valence-corrected chi connectivity index (χ2v) is 6.41. The van der Waals surface area contributed by atoms with Gasteiger partial charge in [-0.2, -0.15) is 0 Å². The smallest absolute Gasteiger partial charge is 0.266 e. The number of benzene rings is 1. The lowest BCUT2D eigenvalue weighted by molar-refractivity contribution is -0.319. The average Bonchev–Trinajstić information content (AvgIpc) is 2.79. The van der Waals surface area contributed by atoms with Crippen LogP contribution in [0.2, 0.25) is 0 Å². The number of methoxy groups -OCH3 is 1. The quantitative estimate of drug-likeness (QED) is 0.474. The van der Waals surface area contributed by atoms with E-state index in [2.05, 4.69) is 0 Å². The SMILES string of the molecule is COc1ccc(/C=C2\SC(=S)N([C@H](CC(=O)[O-])C(=O)[O-])C2=O)cc1. The minimum Gasteiger partial charge on any atom is -0.550 e. The molecule has 1 heterocycles. The van der Waals surface area contributed by atoms with Gasteiger partial charge in [0, 0.05) is 12.4 Å². The molecule has 7 nitrogen and oxygen atoms in total. The fraction of sp³-hybridized carbons (Fsp3) is 0.200. The van der Waals surface area contributed by atoms with Crippen molar-refractivity contribution in [3.05, 3.63) is 34.7 Å². The Balaban J connectivity index is 2.27. The van der Waals surface area contributed by atoms with E-state index in [0.29, 0.717) is 11.3 Å². The van der Waals surface area contributed by atoms with Crippen molar-refractivity contribution in [2.45, 2.75) is 12.5 Å². The molecule has 2 rings (SSSR count). The van der Waals surface area contributed by atoms with Crippen LogP contribution in [0, 0.1) is 0 Å². The fourth-order valence-corrected chi connectivity index (χ4v) is 3.39. The number of amides is 1. The third-order valence-electron chi connectivity index (χ3n) is 3.18. The molecule has 1 aromatic rings. The number of thioether (sulfide) groups is 1. The van der Waals surface area contributed by atoms with Crippen LogP contribution in [0.4, 0.5) is 0 Å². The van der Waals surface area contributed by atoms with Crippen molar-refractivity contribution >= 4 is 52.2 Å². The molecule has 0 aromatic heterocycles. The number of rotatable bonds is 6. The lowest BCUT2D eigenvalue weighted by Gasteiger charge is -2.27. The molecule has 1 fully saturated rings. The van der Waals surface area contributed by atoms with E-state index in [0.717, 1.165) is 16.7 Å². The minimum atomic E-state index is -1.71. The Kier molecular flexibility index (Phi) is 5.58. The first-order valence-corrected chi connectivity index (χ1v) is 7.87. The van der Waals surface area contributed by atoms with Gasteiger partial charge >= 0.3 is 0 Å². The Bertz CT molecular complexity index is 728. The fourth-order valence-electron chi connectivity index (χ4n) is 2.04. The highest BCUT2D eigenvalue weighted by Crippen LogP contribution is 2.34. The number of nitrogens with zero attached hydrogens (tertiary/aromatic N) is 1. The first kappa shape index (κ1) is 18.0. The Labute approximate surface area is 146 Å². The summed E-state index contributed by atoms with van der Waals surface area (Å²) < 4.78 is 4.99. The van der Waals surface area contributed by atoms with E-state index in [-0.39, 0.29) is 9.23 Å². The Morgan fingerprint density at radius 3 is 2.46 bits per heavy atom. The van der Waals surface area contributed by atoms with Crippen molar-refractivity contribution < 1.29 is 29.3 Å². The van der Waals surface area contributed by atoms with E-state index in [1.165, 1.54) is 13.2 Å². The van der Waals surface area contributed by atoms with E-state index in [4.69, 9.17) is 17.0 Å². The second-order valence-electron chi connectivity index (χ2n) is 4.74. The van der Waals surface area contributed by atoms with Gasteiger partial charge in [0.25, 0.3) is 5.91 Å². The molecule has 0 spiro atoms. The van der Waals surface area contributed by atoms with Crippen LogP contribution in [0.5, 0.6) is 5.75 Å². The van der Waals surface area contributed by atoms with E-state index in [1.807, 2.05) is 0 Å². The lowest BCUT2D eigenvalue weighted by Crippen LogP contribution is -2.52. The standard InChI is InChI=1S/C15H13NO6S2/c1-22-9-4-2-8(3-5-9)6-11-13(19)16(15(23)24-11)10(14(20)21)7-12(17)18/h2-6,10H,7H2,1H3,(H,17,18)(H,20,21)/p-2/b11-6-/t10-/m1/s1. The van der Waals surface area contributed by atoms with E-state index < -0.39 is 30.3 Å².